The summed E-state index contributed by atoms with van der Waals surface area (Å²) in [5.41, 5.74) is 13.1. The van der Waals surface area contributed by atoms with E-state index in [0.717, 1.165) is 90.2 Å². The lowest BCUT2D eigenvalue weighted by Crippen LogP contribution is -2.51. The molecule has 0 aliphatic carbocycles. The molecule has 0 saturated carbocycles. The van der Waals surface area contributed by atoms with Gasteiger partial charge in [0.25, 0.3) is 11.8 Å². The van der Waals surface area contributed by atoms with Crippen LogP contribution in [0.3, 0.4) is 0 Å². The predicted molar refractivity (Wildman–Crippen MR) is 254 cm³/mol. The number of piperidine rings is 1. The van der Waals surface area contributed by atoms with Gasteiger partial charge in [-0.25, -0.2) is 9.97 Å². The zero-order valence-corrected chi connectivity index (χ0v) is 37.5. The van der Waals surface area contributed by atoms with E-state index in [4.69, 9.17) is 15.0 Å². The Balaban J connectivity index is 0.850. The van der Waals surface area contributed by atoms with E-state index in [1.165, 1.54) is 22.5 Å². The number of hydrogen-bond donors (Lipinski definition) is 2. The second-order valence-corrected chi connectivity index (χ2v) is 17.7. The summed E-state index contributed by atoms with van der Waals surface area (Å²) < 4.78 is 0. The van der Waals surface area contributed by atoms with Gasteiger partial charge in [-0.1, -0.05) is 62.4 Å². The number of fused-ring (bicyclic) bond motifs is 1. The minimum absolute atomic E-state index is 0.0542. The van der Waals surface area contributed by atoms with Crippen LogP contribution in [0.15, 0.2) is 116 Å². The molecule has 0 unspecified atom stereocenters. The number of carbonyl (C=O) groups excluding carboxylic acids is 2. The number of aromatic nitrogens is 5. The molecule has 2 aliphatic heterocycles. The minimum atomic E-state index is -0.150. The summed E-state index contributed by atoms with van der Waals surface area (Å²) in [5, 5.41) is 4.00. The van der Waals surface area contributed by atoms with Crippen LogP contribution in [0, 0.1) is 20.8 Å². The third-order valence-electron chi connectivity index (χ3n) is 13.3. The average Bonchev–Trinajstić information content (AvgIpc) is 3.77. The lowest BCUT2D eigenvalue weighted by Gasteiger charge is -2.44. The minimum Gasteiger partial charge on any atom is -0.339 e. The van der Waals surface area contributed by atoms with Gasteiger partial charge in [0.2, 0.25) is 0 Å². The van der Waals surface area contributed by atoms with Gasteiger partial charge in [0.1, 0.15) is 12.0 Å². The van der Waals surface area contributed by atoms with Gasteiger partial charge < -0.3 is 15.2 Å². The Bertz CT molecular complexity index is 2740. The number of likely N-dealkylation sites (tertiary alicyclic amines) is 1. The van der Waals surface area contributed by atoms with Crippen LogP contribution in [-0.4, -0.2) is 90.7 Å². The second-order valence-electron chi connectivity index (χ2n) is 17.7. The summed E-state index contributed by atoms with van der Waals surface area (Å²) in [6.45, 7) is 15.5. The quantitative estimate of drug-likeness (QED) is 0.132. The van der Waals surface area contributed by atoms with Crippen molar-refractivity contribution in [3.8, 4) is 22.5 Å². The van der Waals surface area contributed by atoms with Crippen LogP contribution in [0.25, 0.3) is 33.5 Å². The van der Waals surface area contributed by atoms with E-state index in [1.807, 2.05) is 103 Å². The number of aryl methyl sites for hydroxylation is 2. The van der Waals surface area contributed by atoms with Crippen LogP contribution in [0.2, 0.25) is 0 Å². The van der Waals surface area contributed by atoms with Crippen molar-refractivity contribution in [2.24, 2.45) is 0 Å². The number of nitrogens with one attached hydrogen (secondary N) is 2. The molecule has 2 atom stereocenters. The monoisotopic (exact) mass is 851 g/mol. The summed E-state index contributed by atoms with van der Waals surface area (Å²) in [5.74, 6) is 0.231. The summed E-state index contributed by atoms with van der Waals surface area (Å²) in [6.07, 6.45) is 8.73. The summed E-state index contributed by atoms with van der Waals surface area (Å²) in [4.78, 5) is 56.9. The number of piperazine rings is 1. The Morgan fingerprint density at radius 2 is 1.42 bits per heavy atom. The van der Waals surface area contributed by atoms with Crippen LogP contribution in [-0.2, 0) is 0 Å². The van der Waals surface area contributed by atoms with Crippen LogP contribution < -0.4 is 5.32 Å². The highest BCUT2D eigenvalue weighted by Gasteiger charge is 2.36. The molecule has 2 amide bonds. The van der Waals surface area contributed by atoms with Gasteiger partial charge in [-0.15, -0.1) is 0 Å². The number of pyridine rings is 2. The number of H-pyrrole nitrogens is 1. The third kappa shape index (κ3) is 8.83. The van der Waals surface area contributed by atoms with Gasteiger partial charge in [-0.3, -0.25) is 29.4 Å². The summed E-state index contributed by atoms with van der Waals surface area (Å²) in [6, 6.07) is 32.4. The third-order valence-corrected chi connectivity index (χ3v) is 13.3. The summed E-state index contributed by atoms with van der Waals surface area (Å²) in [7, 11) is 0. The second kappa shape index (κ2) is 18.7. The van der Waals surface area contributed by atoms with Crippen LogP contribution in [0.1, 0.15) is 105 Å². The largest absolute Gasteiger partial charge is 0.339 e. The number of rotatable bonds is 11. The Labute approximate surface area is 376 Å². The molecule has 326 valence electrons. The highest BCUT2D eigenvalue weighted by atomic mass is 16.2. The Morgan fingerprint density at radius 1 is 0.734 bits per heavy atom. The molecule has 0 spiro atoms. The smallest absolute Gasteiger partial charge is 0.255 e. The molecule has 3 aromatic carbocycles. The van der Waals surface area contributed by atoms with Crippen LogP contribution in [0.5, 0.6) is 0 Å². The molecule has 2 N–H and O–H groups in total. The Hall–Kier alpha value is -6.56. The highest BCUT2D eigenvalue weighted by molar-refractivity contribution is 6.05. The first kappa shape index (κ1) is 42.7. The van der Waals surface area contributed by atoms with Crippen LogP contribution in [0.4, 0.5) is 5.69 Å². The van der Waals surface area contributed by atoms with E-state index < -0.39 is 0 Å². The molecular formula is C53H57N9O2. The number of anilines is 1. The molecule has 64 heavy (non-hydrogen) atoms. The summed E-state index contributed by atoms with van der Waals surface area (Å²) >= 11 is 0. The lowest BCUT2D eigenvalue weighted by atomic mass is 9.89. The van der Waals surface area contributed by atoms with Crippen molar-refractivity contribution in [1.29, 1.82) is 0 Å². The van der Waals surface area contributed by atoms with Gasteiger partial charge in [-0.2, -0.15) is 0 Å². The maximum absolute atomic E-state index is 13.8. The Morgan fingerprint density at radius 3 is 2.09 bits per heavy atom. The van der Waals surface area contributed by atoms with E-state index in [0.29, 0.717) is 35.8 Å². The molecule has 11 heteroatoms. The van der Waals surface area contributed by atoms with E-state index in [-0.39, 0.29) is 23.9 Å². The average molecular weight is 852 g/mol. The van der Waals surface area contributed by atoms with Crippen molar-refractivity contribution in [2.75, 3.05) is 44.6 Å². The molecule has 7 aromatic rings. The molecule has 4 aromatic heterocycles. The van der Waals surface area contributed by atoms with Crippen molar-refractivity contribution < 1.29 is 9.59 Å². The standard InChI is InChI=1S/C53H57N9O2/c1-34(2)40-13-6-14-41(31-40)52(63)59-44-16-7-15-42(37(44)5)50-43-32-45(58-51(43)57-33-56-50)38-19-21-39(22-20-38)53(64)61-28-25-60(26-29-61)27-30-62-46(48-35(3)11-9-23-54-48)17-8-18-47(62)49-36(4)12-10-24-55-49/h6-7,9-16,19-24,31-34,46-47H,8,17-18,25-30H2,1-5H3,(H,59,63)(H,56,57,58)/t46-,47+. The molecule has 0 radical (unpaired) electrons. The van der Waals surface area contributed by atoms with E-state index in [1.54, 1.807) is 6.33 Å². The fourth-order valence-electron chi connectivity index (χ4n) is 9.62. The zero-order valence-electron chi connectivity index (χ0n) is 37.5. The number of benzene rings is 3. The molecule has 0 bridgehead atoms. The van der Waals surface area contributed by atoms with Crippen molar-refractivity contribution in [3.05, 3.63) is 161 Å². The zero-order chi connectivity index (χ0) is 44.3. The number of nitrogens with zero attached hydrogens (tertiary/aromatic N) is 7. The number of amides is 2. The molecule has 11 nitrogen and oxygen atoms in total. The fourth-order valence-corrected chi connectivity index (χ4v) is 9.62. The van der Waals surface area contributed by atoms with Crippen molar-refractivity contribution in [3.63, 3.8) is 0 Å². The van der Waals surface area contributed by atoms with E-state index in [2.05, 4.69) is 71.0 Å². The highest BCUT2D eigenvalue weighted by Crippen LogP contribution is 2.42. The molecule has 6 heterocycles. The van der Waals surface area contributed by atoms with E-state index in [9.17, 15) is 9.59 Å². The maximum atomic E-state index is 13.8. The molecular weight excluding hydrogens is 795 g/mol. The Kier molecular flexibility index (Phi) is 12.5. The van der Waals surface area contributed by atoms with Gasteiger partial charge in [-0.05, 0) is 122 Å². The molecule has 2 aliphatic rings. The number of carbonyl (C=O) groups is 2. The number of hydrogen-bond acceptors (Lipinski definition) is 8. The molecule has 9 rings (SSSR count). The molecule has 2 fully saturated rings. The first-order chi connectivity index (χ1) is 31.1. The van der Waals surface area contributed by atoms with Crippen molar-refractivity contribution in [2.45, 2.75) is 71.9 Å². The van der Waals surface area contributed by atoms with Gasteiger partial charge >= 0.3 is 0 Å². The van der Waals surface area contributed by atoms with Gasteiger partial charge in [0.15, 0.2) is 0 Å². The maximum Gasteiger partial charge on any atom is 0.255 e. The predicted octanol–water partition coefficient (Wildman–Crippen LogP) is 10.1. The van der Waals surface area contributed by atoms with Crippen molar-refractivity contribution >= 4 is 28.5 Å². The normalized spacial score (nSPS) is 17.2. The molecule has 2 saturated heterocycles. The lowest BCUT2D eigenvalue weighted by molar-refractivity contribution is 0.0466. The topological polar surface area (TPSA) is 123 Å². The SMILES string of the molecule is Cc1cccnc1[C@H]1CCC[C@@H](c2ncccc2C)N1CCN1CCN(C(=O)c2ccc(-c3cc4c(-c5cccc(NC(=O)c6cccc(C(C)C)c6)c5C)ncnc4[nH]3)cc2)CC1. The first-order valence-corrected chi connectivity index (χ1v) is 22.7. The first-order valence-electron chi connectivity index (χ1n) is 22.7. The van der Waals surface area contributed by atoms with Gasteiger partial charge in [0.05, 0.1) is 29.2 Å². The van der Waals surface area contributed by atoms with Gasteiger partial charge in [0, 0.05) is 85.1 Å². The van der Waals surface area contributed by atoms with Crippen molar-refractivity contribution in [1.82, 2.24) is 39.6 Å². The number of aromatic amines is 1. The van der Waals surface area contributed by atoms with Crippen LogP contribution >= 0.6 is 0 Å². The fraction of sp³-hybridized carbons (Fsp3) is 0.321. The van der Waals surface area contributed by atoms with E-state index >= 15 is 0 Å².